The molecule has 1 aromatic rings. The number of benzene rings is 1. The monoisotopic (exact) mass is 233 g/mol. The zero-order valence-corrected chi connectivity index (χ0v) is 10.2. The van der Waals surface area contributed by atoms with Crippen molar-refractivity contribution >= 4 is 0 Å². The molecule has 1 saturated carbocycles. The predicted molar refractivity (Wildman–Crippen MR) is 66.2 cm³/mol. The van der Waals surface area contributed by atoms with Gasteiger partial charge in [-0.3, -0.25) is 0 Å². The Balaban J connectivity index is 1.83. The van der Waals surface area contributed by atoms with Crippen molar-refractivity contribution in [1.82, 2.24) is 5.32 Å². The van der Waals surface area contributed by atoms with Crippen molar-refractivity contribution in [3.8, 4) is 5.75 Å². The van der Waals surface area contributed by atoms with Crippen molar-refractivity contribution < 1.29 is 9.84 Å². The highest BCUT2D eigenvalue weighted by molar-refractivity contribution is 5.43. The van der Waals surface area contributed by atoms with Crippen LogP contribution < -0.4 is 10.1 Å². The van der Waals surface area contributed by atoms with Gasteiger partial charge in [0, 0.05) is 12.6 Å². The molecule has 0 amide bonds. The SMILES string of the molecule is COc1ccc2c(c1)C(O)(CNC1CC1)CC2. The molecule has 17 heavy (non-hydrogen) atoms. The van der Waals surface area contributed by atoms with Crippen LogP contribution in [0.1, 0.15) is 30.4 Å². The van der Waals surface area contributed by atoms with E-state index in [0.717, 1.165) is 24.2 Å². The Morgan fingerprint density at radius 3 is 3.00 bits per heavy atom. The number of rotatable bonds is 4. The molecule has 3 heteroatoms. The van der Waals surface area contributed by atoms with E-state index in [2.05, 4.69) is 11.4 Å². The van der Waals surface area contributed by atoms with Gasteiger partial charge in [-0.05, 0) is 48.9 Å². The van der Waals surface area contributed by atoms with E-state index in [-0.39, 0.29) is 0 Å². The molecule has 0 radical (unpaired) electrons. The van der Waals surface area contributed by atoms with E-state index in [1.807, 2.05) is 12.1 Å². The Kier molecular flexibility index (Phi) is 2.60. The first-order chi connectivity index (χ1) is 8.21. The zero-order chi connectivity index (χ0) is 11.9. The van der Waals surface area contributed by atoms with Crippen LogP contribution in [0.25, 0.3) is 0 Å². The van der Waals surface area contributed by atoms with Crippen LogP contribution in [0.3, 0.4) is 0 Å². The van der Waals surface area contributed by atoms with E-state index in [4.69, 9.17) is 4.74 Å². The molecule has 1 fully saturated rings. The maximum Gasteiger partial charge on any atom is 0.119 e. The third-order valence-electron chi connectivity index (χ3n) is 3.89. The summed E-state index contributed by atoms with van der Waals surface area (Å²) in [6.45, 7) is 0.665. The van der Waals surface area contributed by atoms with E-state index in [1.165, 1.54) is 18.4 Å². The van der Waals surface area contributed by atoms with E-state index in [1.54, 1.807) is 7.11 Å². The number of methoxy groups -OCH3 is 1. The lowest BCUT2D eigenvalue weighted by atomic mass is 9.95. The Morgan fingerprint density at radius 1 is 1.47 bits per heavy atom. The summed E-state index contributed by atoms with van der Waals surface area (Å²) < 4.78 is 5.24. The van der Waals surface area contributed by atoms with Crippen LogP contribution in [0, 0.1) is 0 Å². The zero-order valence-electron chi connectivity index (χ0n) is 10.2. The van der Waals surface area contributed by atoms with Crippen molar-refractivity contribution in [3.63, 3.8) is 0 Å². The predicted octanol–water partition coefficient (Wildman–Crippen LogP) is 1.58. The number of aryl methyl sites for hydroxylation is 1. The molecule has 0 spiro atoms. The summed E-state index contributed by atoms with van der Waals surface area (Å²) in [6.07, 6.45) is 4.28. The molecule has 3 rings (SSSR count). The van der Waals surface area contributed by atoms with Crippen LogP contribution in [0.5, 0.6) is 5.75 Å². The summed E-state index contributed by atoms with van der Waals surface area (Å²) in [5, 5.41) is 14.1. The summed E-state index contributed by atoms with van der Waals surface area (Å²) >= 11 is 0. The molecule has 2 aliphatic rings. The maximum absolute atomic E-state index is 10.7. The molecule has 3 nitrogen and oxygen atoms in total. The largest absolute Gasteiger partial charge is 0.497 e. The molecule has 92 valence electrons. The van der Waals surface area contributed by atoms with E-state index < -0.39 is 5.60 Å². The minimum atomic E-state index is -0.702. The average Bonchev–Trinajstić information content (AvgIpc) is 3.13. The van der Waals surface area contributed by atoms with Gasteiger partial charge >= 0.3 is 0 Å². The Labute approximate surface area is 102 Å². The molecule has 1 atom stereocenters. The topological polar surface area (TPSA) is 41.5 Å². The highest BCUT2D eigenvalue weighted by atomic mass is 16.5. The number of aliphatic hydroxyl groups is 1. The van der Waals surface area contributed by atoms with Gasteiger partial charge in [-0.15, -0.1) is 0 Å². The fraction of sp³-hybridized carbons (Fsp3) is 0.571. The van der Waals surface area contributed by atoms with Gasteiger partial charge in [-0.2, -0.15) is 0 Å². The van der Waals surface area contributed by atoms with Gasteiger partial charge in [0.15, 0.2) is 0 Å². The number of nitrogens with one attached hydrogen (secondary N) is 1. The summed E-state index contributed by atoms with van der Waals surface area (Å²) in [5.74, 6) is 0.829. The molecule has 1 aromatic carbocycles. The number of hydrogen-bond acceptors (Lipinski definition) is 3. The molecule has 0 aliphatic heterocycles. The van der Waals surface area contributed by atoms with Crippen molar-refractivity contribution in [2.24, 2.45) is 0 Å². The van der Waals surface area contributed by atoms with Crippen molar-refractivity contribution in [2.45, 2.75) is 37.3 Å². The van der Waals surface area contributed by atoms with Gasteiger partial charge in [-0.1, -0.05) is 6.07 Å². The minimum absolute atomic E-state index is 0.633. The summed E-state index contributed by atoms with van der Waals surface area (Å²) in [6, 6.07) is 6.66. The second-order valence-electron chi connectivity index (χ2n) is 5.21. The fourth-order valence-electron chi connectivity index (χ4n) is 2.59. The minimum Gasteiger partial charge on any atom is -0.497 e. The molecule has 1 unspecified atom stereocenters. The Morgan fingerprint density at radius 2 is 2.29 bits per heavy atom. The van der Waals surface area contributed by atoms with E-state index in [0.29, 0.717) is 12.6 Å². The number of hydrogen-bond donors (Lipinski definition) is 2. The van der Waals surface area contributed by atoms with Gasteiger partial charge in [0.2, 0.25) is 0 Å². The third-order valence-corrected chi connectivity index (χ3v) is 3.89. The van der Waals surface area contributed by atoms with Crippen LogP contribution >= 0.6 is 0 Å². The van der Waals surface area contributed by atoms with Crippen molar-refractivity contribution in [3.05, 3.63) is 29.3 Å². The fourth-order valence-corrected chi connectivity index (χ4v) is 2.59. The quantitative estimate of drug-likeness (QED) is 0.829. The molecular weight excluding hydrogens is 214 g/mol. The second-order valence-corrected chi connectivity index (χ2v) is 5.21. The van der Waals surface area contributed by atoms with Gasteiger partial charge < -0.3 is 15.2 Å². The molecular formula is C14H19NO2. The van der Waals surface area contributed by atoms with Crippen molar-refractivity contribution in [1.29, 1.82) is 0 Å². The maximum atomic E-state index is 10.7. The lowest BCUT2D eigenvalue weighted by Crippen LogP contribution is -2.37. The third kappa shape index (κ3) is 2.05. The highest BCUT2D eigenvalue weighted by Crippen LogP contribution is 2.38. The lowest BCUT2D eigenvalue weighted by molar-refractivity contribution is 0.0382. The number of fused-ring (bicyclic) bond motifs is 1. The Hall–Kier alpha value is -1.06. The number of ether oxygens (including phenoxy) is 1. The summed E-state index contributed by atoms with van der Waals surface area (Å²) in [4.78, 5) is 0. The Bertz CT molecular complexity index is 428. The summed E-state index contributed by atoms with van der Waals surface area (Å²) in [7, 11) is 1.66. The molecule has 0 aromatic heterocycles. The molecule has 2 N–H and O–H groups in total. The second kappa shape index (κ2) is 4.00. The van der Waals surface area contributed by atoms with Gasteiger partial charge in [0.25, 0.3) is 0 Å². The molecule has 0 heterocycles. The molecule has 0 bridgehead atoms. The molecule has 2 aliphatic carbocycles. The first kappa shape index (κ1) is 11.1. The smallest absolute Gasteiger partial charge is 0.119 e. The van der Waals surface area contributed by atoms with E-state index >= 15 is 0 Å². The first-order valence-electron chi connectivity index (χ1n) is 6.34. The van der Waals surface area contributed by atoms with Gasteiger partial charge in [-0.25, -0.2) is 0 Å². The van der Waals surface area contributed by atoms with Crippen LogP contribution in [0.15, 0.2) is 18.2 Å². The van der Waals surface area contributed by atoms with Crippen LogP contribution in [-0.4, -0.2) is 24.8 Å². The normalized spacial score (nSPS) is 26.9. The molecule has 0 saturated heterocycles. The average molecular weight is 233 g/mol. The lowest BCUT2D eigenvalue weighted by Gasteiger charge is -2.25. The first-order valence-corrected chi connectivity index (χ1v) is 6.34. The summed E-state index contributed by atoms with van der Waals surface area (Å²) in [5.41, 5.74) is 1.60. The van der Waals surface area contributed by atoms with Crippen LogP contribution in [0.2, 0.25) is 0 Å². The highest BCUT2D eigenvalue weighted by Gasteiger charge is 2.38. The van der Waals surface area contributed by atoms with Gasteiger partial charge in [0.05, 0.1) is 7.11 Å². The van der Waals surface area contributed by atoms with E-state index in [9.17, 15) is 5.11 Å². The van der Waals surface area contributed by atoms with Crippen molar-refractivity contribution in [2.75, 3.05) is 13.7 Å². The van der Waals surface area contributed by atoms with Gasteiger partial charge in [0.1, 0.15) is 11.4 Å². The van der Waals surface area contributed by atoms with Crippen LogP contribution in [-0.2, 0) is 12.0 Å². The standard InChI is InChI=1S/C14H19NO2/c1-17-12-5-2-10-6-7-14(16,13(10)8-12)9-15-11-3-4-11/h2,5,8,11,15-16H,3-4,6-7,9H2,1H3. The van der Waals surface area contributed by atoms with Crippen LogP contribution in [0.4, 0.5) is 0 Å².